The maximum absolute atomic E-state index is 13.4. The molecule has 31 heavy (non-hydrogen) atoms. The normalized spacial score (nSPS) is 17.5. The van der Waals surface area contributed by atoms with E-state index in [4.69, 9.17) is 4.74 Å². The van der Waals surface area contributed by atoms with Gasteiger partial charge in [-0.25, -0.2) is 9.78 Å². The highest BCUT2D eigenvalue weighted by Crippen LogP contribution is 2.30. The van der Waals surface area contributed by atoms with Gasteiger partial charge in [0.25, 0.3) is 5.91 Å². The molecule has 9 nitrogen and oxygen atoms in total. The van der Waals surface area contributed by atoms with Crippen LogP contribution in [0.3, 0.4) is 0 Å². The van der Waals surface area contributed by atoms with Gasteiger partial charge in [-0.3, -0.25) is 19.4 Å². The number of aromatic nitrogens is 1. The van der Waals surface area contributed by atoms with E-state index < -0.39 is 41.6 Å². The number of carbonyl (C=O) groups is 4. The van der Waals surface area contributed by atoms with Gasteiger partial charge in [0.1, 0.15) is 29.8 Å². The summed E-state index contributed by atoms with van der Waals surface area (Å²) in [5.41, 5.74) is 0.109. The van der Waals surface area contributed by atoms with E-state index in [1.807, 2.05) is 6.07 Å². The van der Waals surface area contributed by atoms with Gasteiger partial charge in [0.2, 0.25) is 5.91 Å². The minimum absolute atomic E-state index is 0.254. The van der Waals surface area contributed by atoms with Crippen LogP contribution in [-0.2, 0) is 25.5 Å². The van der Waals surface area contributed by atoms with Gasteiger partial charge in [-0.2, -0.15) is 0 Å². The van der Waals surface area contributed by atoms with Crippen LogP contribution in [0.5, 0.6) is 0 Å². The number of nitrogens with zero attached hydrogens (tertiary/aromatic N) is 3. The first-order valence-corrected chi connectivity index (χ1v) is 10.4. The summed E-state index contributed by atoms with van der Waals surface area (Å²) >= 11 is 0. The predicted molar refractivity (Wildman–Crippen MR) is 116 cm³/mol. The van der Waals surface area contributed by atoms with E-state index >= 15 is 0 Å². The van der Waals surface area contributed by atoms with E-state index in [9.17, 15) is 19.2 Å². The molecule has 1 aliphatic heterocycles. The molecule has 0 unspecified atom stereocenters. The van der Waals surface area contributed by atoms with Crippen LogP contribution in [0, 0.1) is 5.92 Å². The number of nitrogens with one attached hydrogen (secondary N) is 1. The van der Waals surface area contributed by atoms with Crippen LogP contribution < -0.4 is 10.2 Å². The largest absolute Gasteiger partial charge is 0.444 e. The van der Waals surface area contributed by atoms with E-state index in [0.29, 0.717) is 12.2 Å². The van der Waals surface area contributed by atoms with Crippen molar-refractivity contribution in [3.63, 3.8) is 0 Å². The van der Waals surface area contributed by atoms with Crippen molar-refractivity contribution in [3.8, 4) is 0 Å². The van der Waals surface area contributed by atoms with Gasteiger partial charge in [0.15, 0.2) is 0 Å². The van der Waals surface area contributed by atoms with E-state index in [1.54, 1.807) is 53.8 Å². The Morgan fingerprint density at radius 1 is 1.29 bits per heavy atom. The number of hydrogen-bond donors (Lipinski definition) is 1. The number of amides is 3. The summed E-state index contributed by atoms with van der Waals surface area (Å²) in [7, 11) is 1.47. The first kappa shape index (κ1) is 24.3. The summed E-state index contributed by atoms with van der Waals surface area (Å²) in [6, 6.07) is 1.15. The predicted octanol–water partition coefficient (Wildman–Crippen LogP) is 1.93. The Morgan fingerprint density at radius 2 is 1.94 bits per heavy atom. The Balaban J connectivity index is 2.19. The van der Waals surface area contributed by atoms with Crippen LogP contribution in [0.15, 0.2) is 18.3 Å². The lowest BCUT2D eigenvalue weighted by Gasteiger charge is -2.32. The van der Waals surface area contributed by atoms with Crippen LogP contribution in [0.2, 0.25) is 0 Å². The lowest BCUT2D eigenvalue weighted by Crippen LogP contribution is -2.57. The van der Waals surface area contributed by atoms with Crippen molar-refractivity contribution >= 4 is 30.0 Å². The maximum atomic E-state index is 13.4. The fraction of sp³-hybridized carbons (Fsp3) is 0.591. The molecule has 170 valence electrons. The summed E-state index contributed by atoms with van der Waals surface area (Å²) in [5.74, 6) is -0.729. The Morgan fingerprint density at radius 3 is 2.48 bits per heavy atom. The molecule has 1 aliphatic rings. The monoisotopic (exact) mass is 432 g/mol. The summed E-state index contributed by atoms with van der Waals surface area (Å²) in [4.78, 5) is 57.0. The third-order valence-electron chi connectivity index (χ3n) is 5.12. The van der Waals surface area contributed by atoms with Crippen LogP contribution in [-0.4, -0.2) is 64.9 Å². The van der Waals surface area contributed by atoms with E-state index in [0.717, 1.165) is 11.8 Å². The Kier molecular flexibility index (Phi) is 7.41. The number of aldehydes is 1. The standard InChI is InChI=1S/C22H32N4O5/c1-13(2)17(24-19(28)14(3)25(7)21(30)31-22(4,5)6)20(29)26-16(12-27)11-15-9-8-10-23-18(15)26/h8-10,12-14,16-17H,11H2,1-7H3,(H,24,28)/t14-,16-,17-/m0/s1. The van der Waals surface area contributed by atoms with E-state index in [2.05, 4.69) is 10.3 Å². The van der Waals surface area contributed by atoms with Gasteiger partial charge < -0.3 is 14.8 Å². The molecule has 0 bridgehead atoms. The number of fused-ring (bicyclic) bond motifs is 1. The molecule has 0 saturated heterocycles. The van der Waals surface area contributed by atoms with Gasteiger partial charge in [-0.1, -0.05) is 19.9 Å². The Labute approximate surface area is 183 Å². The SMILES string of the molecule is CC(C)[C@H](NC(=O)[C@H](C)N(C)C(=O)OC(C)(C)C)C(=O)N1c2ncccc2C[C@H]1C=O. The van der Waals surface area contributed by atoms with E-state index in [1.165, 1.54) is 16.8 Å². The third-order valence-corrected chi connectivity index (χ3v) is 5.12. The van der Waals surface area contributed by atoms with Crippen molar-refractivity contribution in [3.05, 3.63) is 23.9 Å². The zero-order chi connectivity index (χ0) is 23.5. The average Bonchev–Trinajstić information content (AvgIpc) is 3.07. The molecule has 3 atom stereocenters. The fourth-order valence-electron chi connectivity index (χ4n) is 3.26. The summed E-state index contributed by atoms with van der Waals surface area (Å²) in [6.45, 7) is 10.4. The molecule has 3 amide bonds. The van der Waals surface area contributed by atoms with Crippen LogP contribution in [0.1, 0.15) is 47.1 Å². The molecule has 2 heterocycles. The molecular weight excluding hydrogens is 400 g/mol. The summed E-state index contributed by atoms with van der Waals surface area (Å²) in [6.07, 6.45) is 2.03. The number of pyridine rings is 1. The molecular formula is C22H32N4O5. The number of likely N-dealkylation sites (N-methyl/N-ethyl adjacent to an activating group) is 1. The van der Waals surface area contributed by atoms with Gasteiger partial charge in [0.05, 0.1) is 6.04 Å². The van der Waals surface area contributed by atoms with E-state index in [-0.39, 0.29) is 5.92 Å². The second-order valence-electron chi connectivity index (χ2n) is 9.10. The van der Waals surface area contributed by atoms with Crippen molar-refractivity contribution in [1.29, 1.82) is 0 Å². The second kappa shape index (κ2) is 9.45. The van der Waals surface area contributed by atoms with Crippen LogP contribution >= 0.6 is 0 Å². The first-order valence-electron chi connectivity index (χ1n) is 10.4. The minimum atomic E-state index is -0.891. The molecule has 1 aromatic heterocycles. The minimum Gasteiger partial charge on any atom is -0.444 e. The number of ether oxygens (including phenoxy) is 1. The van der Waals surface area contributed by atoms with Gasteiger partial charge in [-0.05, 0) is 45.2 Å². The highest BCUT2D eigenvalue weighted by atomic mass is 16.6. The van der Waals surface area contributed by atoms with Crippen LogP contribution in [0.25, 0.3) is 0 Å². The zero-order valence-corrected chi connectivity index (χ0v) is 19.2. The molecule has 1 aromatic rings. The molecule has 0 saturated carbocycles. The number of carbonyl (C=O) groups excluding carboxylic acids is 4. The molecule has 0 aliphatic carbocycles. The summed E-state index contributed by atoms with van der Waals surface area (Å²) in [5, 5.41) is 2.74. The molecule has 2 rings (SSSR count). The third kappa shape index (κ3) is 5.59. The quantitative estimate of drug-likeness (QED) is 0.688. The molecule has 0 aromatic carbocycles. The topological polar surface area (TPSA) is 109 Å². The highest BCUT2D eigenvalue weighted by Gasteiger charge is 2.40. The average molecular weight is 433 g/mol. The number of hydrogen-bond acceptors (Lipinski definition) is 6. The van der Waals surface area contributed by atoms with Crippen LogP contribution in [0.4, 0.5) is 10.6 Å². The maximum Gasteiger partial charge on any atom is 0.410 e. The lowest BCUT2D eigenvalue weighted by molar-refractivity contribution is -0.131. The zero-order valence-electron chi connectivity index (χ0n) is 19.2. The van der Waals surface area contributed by atoms with Crippen molar-refractivity contribution in [2.45, 2.75) is 71.7 Å². The van der Waals surface area contributed by atoms with Gasteiger partial charge in [-0.15, -0.1) is 0 Å². The summed E-state index contributed by atoms with van der Waals surface area (Å²) < 4.78 is 5.30. The van der Waals surface area contributed by atoms with Crippen molar-refractivity contribution < 1.29 is 23.9 Å². The molecule has 9 heteroatoms. The smallest absolute Gasteiger partial charge is 0.410 e. The Bertz CT molecular complexity index is 849. The van der Waals surface area contributed by atoms with Gasteiger partial charge >= 0.3 is 6.09 Å². The lowest BCUT2D eigenvalue weighted by atomic mass is 10.0. The van der Waals surface area contributed by atoms with Gasteiger partial charge in [0, 0.05) is 19.7 Å². The number of rotatable bonds is 6. The van der Waals surface area contributed by atoms with Crippen molar-refractivity contribution in [2.75, 3.05) is 11.9 Å². The number of anilines is 1. The Hall–Kier alpha value is -2.97. The second-order valence-corrected chi connectivity index (χ2v) is 9.10. The fourth-order valence-corrected chi connectivity index (χ4v) is 3.26. The molecule has 1 N–H and O–H groups in total. The van der Waals surface area contributed by atoms with Crippen molar-refractivity contribution in [1.82, 2.24) is 15.2 Å². The molecule has 0 radical (unpaired) electrons. The molecule has 0 spiro atoms. The highest BCUT2D eigenvalue weighted by molar-refractivity contribution is 6.03. The van der Waals surface area contributed by atoms with Crippen molar-refractivity contribution in [2.24, 2.45) is 5.92 Å². The molecule has 0 fully saturated rings. The first-order chi connectivity index (χ1) is 14.4.